The van der Waals surface area contributed by atoms with Crippen molar-refractivity contribution in [2.75, 3.05) is 39.1 Å². The highest BCUT2D eigenvalue weighted by molar-refractivity contribution is 6.18. The van der Waals surface area contributed by atoms with E-state index < -0.39 is 0 Å². The molecule has 9 heteroatoms. The zero-order valence-electron chi connectivity index (χ0n) is 18.5. The molecule has 1 amide bonds. The van der Waals surface area contributed by atoms with Crippen LogP contribution in [0, 0.1) is 0 Å². The third-order valence-electron chi connectivity index (χ3n) is 5.33. The summed E-state index contributed by atoms with van der Waals surface area (Å²) in [6.45, 7) is 1.93. The maximum atomic E-state index is 12.9. The van der Waals surface area contributed by atoms with Crippen molar-refractivity contribution >= 4 is 35.6 Å². The van der Waals surface area contributed by atoms with Crippen molar-refractivity contribution in [3.8, 4) is 28.4 Å². The molecular formula is C23H28Cl2N2O5. The first-order valence-corrected chi connectivity index (χ1v) is 10.6. The second kappa shape index (κ2) is 11.3. The van der Waals surface area contributed by atoms with Gasteiger partial charge in [0, 0.05) is 24.9 Å². The Morgan fingerprint density at radius 2 is 1.84 bits per heavy atom. The van der Waals surface area contributed by atoms with Crippen molar-refractivity contribution < 1.29 is 19.0 Å². The van der Waals surface area contributed by atoms with Gasteiger partial charge >= 0.3 is 0 Å². The summed E-state index contributed by atoms with van der Waals surface area (Å²) in [4.78, 5) is 24.9. The molecule has 0 spiro atoms. The Morgan fingerprint density at radius 3 is 2.44 bits per heavy atom. The summed E-state index contributed by atoms with van der Waals surface area (Å²) in [5.41, 5.74) is 3.59. The number of methoxy groups -OCH3 is 3. The number of carbonyl (C=O) groups excluding carboxylic acids is 1. The van der Waals surface area contributed by atoms with Crippen LogP contribution in [0.5, 0.6) is 17.2 Å². The van der Waals surface area contributed by atoms with E-state index >= 15 is 0 Å². The van der Waals surface area contributed by atoms with Crippen LogP contribution in [0.15, 0.2) is 29.1 Å². The largest absolute Gasteiger partial charge is 0.493 e. The van der Waals surface area contributed by atoms with Crippen LogP contribution in [-0.4, -0.2) is 39.7 Å². The van der Waals surface area contributed by atoms with Crippen LogP contribution >= 0.6 is 24.0 Å². The van der Waals surface area contributed by atoms with E-state index in [2.05, 4.69) is 10.6 Å². The molecule has 174 valence electrons. The summed E-state index contributed by atoms with van der Waals surface area (Å²) in [5.74, 6) is 1.77. The quantitative estimate of drug-likeness (QED) is 0.581. The molecule has 1 aliphatic rings. The number of anilines is 1. The number of ether oxygens (including phenoxy) is 3. The number of nitrogens with one attached hydrogen (secondary N) is 2. The molecule has 2 aromatic rings. The molecule has 7 nitrogen and oxygen atoms in total. The number of hydrogen-bond acceptors (Lipinski definition) is 6. The van der Waals surface area contributed by atoms with Crippen LogP contribution in [-0.2, 0) is 11.2 Å². The van der Waals surface area contributed by atoms with E-state index in [0.717, 1.165) is 22.3 Å². The summed E-state index contributed by atoms with van der Waals surface area (Å²) in [6, 6.07) is 6.79. The molecule has 1 aliphatic carbocycles. The van der Waals surface area contributed by atoms with Crippen LogP contribution in [0.2, 0.25) is 0 Å². The molecule has 0 heterocycles. The number of aryl methyl sites for hydroxylation is 1. The summed E-state index contributed by atoms with van der Waals surface area (Å²) in [7, 11) is 4.70. The number of benzene rings is 1. The molecule has 0 unspecified atom stereocenters. The lowest BCUT2D eigenvalue weighted by molar-refractivity contribution is -0.119. The molecule has 0 radical (unpaired) electrons. The summed E-state index contributed by atoms with van der Waals surface area (Å²) in [6.07, 6.45) is 1.27. The van der Waals surface area contributed by atoms with Crippen molar-refractivity contribution in [3.63, 3.8) is 0 Å². The number of amides is 1. The van der Waals surface area contributed by atoms with Crippen molar-refractivity contribution in [2.24, 2.45) is 0 Å². The predicted molar refractivity (Wildman–Crippen MR) is 129 cm³/mol. The second-order valence-electron chi connectivity index (χ2n) is 7.21. The Morgan fingerprint density at radius 1 is 1.12 bits per heavy atom. The fraction of sp³-hybridized carbons (Fsp3) is 0.391. The number of fused-ring (bicyclic) bond motifs is 3. The lowest BCUT2D eigenvalue weighted by Gasteiger charge is -2.19. The molecule has 0 fully saturated rings. The van der Waals surface area contributed by atoms with Gasteiger partial charge < -0.3 is 24.8 Å². The van der Waals surface area contributed by atoms with Gasteiger partial charge in [-0.05, 0) is 47.7 Å². The zero-order chi connectivity index (χ0) is 22.5. The third-order valence-corrected chi connectivity index (χ3v) is 5.51. The number of rotatable bonds is 7. The van der Waals surface area contributed by atoms with Crippen LogP contribution in [0.4, 0.5) is 5.69 Å². The lowest BCUT2D eigenvalue weighted by Crippen LogP contribution is -2.26. The van der Waals surface area contributed by atoms with Gasteiger partial charge in [0.15, 0.2) is 11.5 Å². The minimum absolute atomic E-state index is 0. The normalized spacial score (nSPS) is 14.1. The maximum Gasteiger partial charge on any atom is 0.217 e. The third kappa shape index (κ3) is 5.05. The van der Waals surface area contributed by atoms with Gasteiger partial charge in [-0.15, -0.1) is 24.0 Å². The molecule has 0 saturated carbocycles. The highest BCUT2D eigenvalue weighted by atomic mass is 35.5. The minimum Gasteiger partial charge on any atom is -0.493 e. The van der Waals surface area contributed by atoms with E-state index in [1.165, 1.54) is 6.92 Å². The highest BCUT2D eigenvalue weighted by Gasteiger charge is 2.29. The van der Waals surface area contributed by atoms with Gasteiger partial charge in [0.1, 0.15) is 0 Å². The van der Waals surface area contributed by atoms with Crippen LogP contribution in [0.25, 0.3) is 11.1 Å². The number of hydrogen-bond donors (Lipinski definition) is 2. The summed E-state index contributed by atoms with van der Waals surface area (Å²) < 4.78 is 16.9. The van der Waals surface area contributed by atoms with Crippen molar-refractivity contribution in [3.05, 3.63) is 45.6 Å². The van der Waals surface area contributed by atoms with Gasteiger partial charge in [0.25, 0.3) is 0 Å². The van der Waals surface area contributed by atoms with Gasteiger partial charge in [-0.2, -0.15) is 0 Å². The molecule has 0 bridgehead atoms. The number of carbonyl (C=O) groups is 1. The molecule has 32 heavy (non-hydrogen) atoms. The van der Waals surface area contributed by atoms with Crippen LogP contribution in [0.1, 0.15) is 30.5 Å². The molecule has 2 N–H and O–H groups in total. The fourth-order valence-electron chi connectivity index (χ4n) is 4.04. The minimum atomic E-state index is -0.331. The smallest absolute Gasteiger partial charge is 0.217 e. The first-order chi connectivity index (χ1) is 14.9. The van der Waals surface area contributed by atoms with Crippen LogP contribution < -0.4 is 30.3 Å². The zero-order valence-corrected chi connectivity index (χ0v) is 20.1. The first-order valence-electron chi connectivity index (χ1n) is 10.0. The standard InChI is InChI=1S/C23H27ClN2O5.ClH/c1-13(27)26-17-7-5-14-11-20(29-2)22(30-3)23(31-4)21(14)15-6-8-18(25-10-9-24)19(28)12-16(15)17;/h6,8,11-12,17H,5,7,9-10H2,1-4H3,(H,25,28)(H,26,27);1H/t17-;/m0./s1. The lowest BCUT2D eigenvalue weighted by atomic mass is 9.95. The Balaban J connectivity index is 0.00000363. The predicted octanol–water partition coefficient (Wildman–Crippen LogP) is 3.94. The van der Waals surface area contributed by atoms with Gasteiger partial charge in [0.05, 0.1) is 33.1 Å². The van der Waals surface area contributed by atoms with E-state index in [4.69, 9.17) is 25.8 Å². The van der Waals surface area contributed by atoms with Crippen molar-refractivity contribution in [1.29, 1.82) is 0 Å². The van der Waals surface area contributed by atoms with E-state index in [9.17, 15) is 9.59 Å². The van der Waals surface area contributed by atoms with Crippen molar-refractivity contribution in [2.45, 2.75) is 25.8 Å². The summed E-state index contributed by atoms with van der Waals surface area (Å²) >= 11 is 5.78. The SMILES string of the molecule is COc1cc2c(c(OC)c1OC)-c1ccc(NCCCl)c(=O)cc1[C@@H](NC(C)=O)CC2.Cl. The van der Waals surface area contributed by atoms with E-state index in [1.54, 1.807) is 33.5 Å². The average Bonchev–Trinajstić information content (AvgIpc) is 2.99. The summed E-state index contributed by atoms with van der Waals surface area (Å²) in [5, 5.41) is 6.05. The highest BCUT2D eigenvalue weighted by Crippen LogP contribution is 2.50. The van der Waals surface area contributed by atoms with Gasteiger partial charge in [-0.3, -0.25) is 9.59 Å². The van der Waals surface area contributed by atoms with E-state index in [1.807, 2.05) is 12.1 Å². The molecule has 0 aliphatic heterocycles. The fourth-order valence-corrected chi connectivity index (χ4v) is 4.13. The van der Waals surface area contributed by atoms with Crippen molar-refractivity contribution in [1.82, 2.24) is 5.32 Å². The molecule has 2 aromatic carbocycles. The van der Waals surface area contributed by atoms with E-state index in [-0.39, 0.29) is 29.8 Å². The monoisotopic (exact) mass is 482 g/mol. The Kier molecular flexibility index (Phi) is 9.04. The van der Waals surface area contributed by atoms with Gasteiger partial charge in [-0.1, -0.05) is 6.07 Å². The van der Waals surface area contributed by atoms with Gasteiger partial charge in [-0.25, -0.2) is 0 Å². The Bertz CT molecular complexity index is 1050. The molecule has 1 atom stereocenters. The molecule has 0 saturated heterocycles. The molecule has 3 rings (SSSR count). The topological polar surface area (TPSA) is 85.9 Å². The maximum absolute atomic E-state index is 12.9. The second-order valence-corrected chi connectivity index (χ2v) is 7.59. The van der Waals surface area contributed by atoms with Gasteiger partial charge in [0.2, 0.25) is 17.1 Å². The number of alkyl halides is 1. The molecular weight excluding hydrogens is 455 g/mol. The molecule has 0 aromatic heterocycles. The first kappa shape index (κ1) is 25.6. The Hall–Kier alpha value is -2.64. The van der Waals surface area contributed by atoms with Crippen LogP contribution in [0.3, 0.4) is 0 Å². The number of halogens is 2. The average molecular weight is 483 g/mol. The van der Waals surface area contributed by atoms with E-state index in [0.29, 0.717) is 48.2 Å². The Labute approximate surface area is 198 Å².